The molecule has 5 nitrogen and oxygen atoms in total. The fourth-order valence-electron chi connectivity index (χ4n) is 2.14. The maximum Gasteiger partial charge on any atom is 0.191 e. The summed E-state index contributed by atoms with van der Waals surface area (Å²) in [5.74, 6) is 0.884. The second kappa shape index (κ2) is 9.81. The van der Waals surface area contributed by atoms with Crippen LogP contribution in [0, 0.1) is 0 Å². The number of nitrogens with one attached hydrogen (secondary N) is 2. The van der Waals surface area contributed by atoms with E-state index in [2.05, 4.69) is 45.9 Å². The van der Waals surface area contributed by atoms with Crippen molar-refractivity contribution in [2.45, 2.75) is 13.8 Å². The minimum atomic E-state index is 0.751. The molecule has 1 saturated heterocycles. The molecule has 0 aliphatic carbocycles. The van der Waals surface area contributed by atoms with Crippen molar-refractivity contribution in [1.82, 2.24) is 20.4 Å². The van der Waals surface area contributed by atoms with Gasteiger partial charge in [-0.15, -0.1) is 6.58 Å². The van der Waals surface area contributed by atoms with Crippen molar-refractivity contribution >= 4 is 5.96 Å². The van der Waals surface area contributed by atoms with Gasteiger partial charge in [0, 0.05) is 45.8 Å². The molecule has 0 spiro atoms. The Bertz CT molecular complexity index is 269. The van der Waals surface area contributed by atoms with Crippen LogP contribution in [-0.4, -0.2) is 74.7 Å². The largest absolute Gasteiger partial charge is 0.357 e. The quantitative estimate of drug-likeness (QED) is 0.397. The summed E-state index contributed by atoms with van der Waals surface area (Å²) in [5, 5.41) is 6.45. The van der Waals surface area contributed by atoms with Gasteiger partial charge < -0.3 is 15.5 Å². The van der Waals surface area contributed by atoms with Crippen LogP contribution in [0.15, 0.2) is 17.6 Å². The highest BCUT2D eigenvalue weighted by molar-refractivity contribution is 5.79. The second-order valence-electron chi connectivity index (χ2n) is 4.71. The van der Waals surface area contributed by atoms with Gasteiger partial charge in [-0.05, 0) is 13.5 Å². The summed E-state index contributed by atoms with van der Waals surface area (Å²) < 4.78 is 0. The van der Waals surface area contributed by atoms with Gasteiger partial charge in [-0.25, -0.2) is 0 Å². The SMILES string of the molecule is C=CCNC(=NCCN1CCN(CC)CC1)NCC. The van der Waals surface area contributed by atoms with Crippen molar-refractivity contribution in [3.63, 3.8) is 0 Å². The van der Waals surface area contributed by atoms with E-state index in [1.165, 1.54) is 32.7 Å². The number of likely N-dealkylation sites (N-methyl/N-ethyl adjacent to an activating group) is 1. The number of nitrogens with zero attached hydrogens (tertiary/aromatic N) is 3. The van der Waals surface area contributed by atoms with Crippen molar-refractivity contribution < 1.29 is 0 Å². The Hall–Kier alpha value is -1.07. The monoisotopic (exact) mass is 267 g/mol. The normalized spacial score (nSPS) is 18.3. The first kappa shape index (κ1) is 16.0. The summed E-state index contributed by atoms with van der Waals surface area (Å²) in [6, 6.07) is 0. The Morgan fingerprint density at radius 1 is 1.16 bits per heavy atom. The van der Waals surface area contributed by atoms with E-state index < -0.39 is 0 Å². The molecule has 0 saturated carbocycles. The van der Waals surface area contributed by atoms with Crippen LogP contribution in [0.2, 0.25) is 0 Å². The number of guanidine groups is 1. The first-order chi connectivity index (χ1) is 9.30. The summed E-state index contributed by atoms with van der Waals surface area (Å²) in [6.45, 7) is 17.4. The van der Waals surface area contributed by atoms with Gasteiger partial charge in [0.25, 0.3) is 0 Å². The van der Waals surface area contributed by atoms with Crippen molar-refractivity contribution in [2.24, 2.45) is 4.99 Å². The highest BCUT2D eigenvalue weighted by Crippen LogP contribution is 2.00. The van der Waals surface area contributed by atoms with E-state index in [4.69, 9.17) is 0 Å². The predicted octanol–water partition coefficient (Wildman–Crippen LogP) is 0.365. The molecule has 1 aliphatic rings. The molecule has 1 fully saturated rings. The predicted molar refractivity (Wildman–Crippen MR) is 82.7 cm³/mol. The third-order valence-corrected chi connectivity index (χ3v) is 3.36. The Morgan fingerprint density at radius 3 is 2.42 bits per heavy atom. The fourth-order valence-corrected chi connectivity index (χ4v) is 2.14. The van der Waals surface area contributed by atoms with Crippen LogP contribution < -0.4 is 10.6 Å². The molecular weight excluding hydrogens is 238 g/mol. The topological polar surface area (TPSA) is 42.9 Å². The van der Waals surface area contributed by atoms with Gasteiger partial charge in [0.15, 0.2) is 5.96 Å². The Kier molecular flexibility index (Phi) is 8.25. The highest BCUT2D eigenvalue weighted by atomic mass is 15.3. The average Bonchev–Trinajstić information content (AvgIpc) is 2.45. The minimum absolute atomic E-state index is 0.751. The Balaban J connectivity index is 2.24. The van der Waals surface area contributed by atoms with Crippen molar-refractivity contribution in [2.75, 3.05) is 58.9 Å². The first-order valence-electron chi connectivity index (χ1n) is 7.38. The van der Waals surface area contributed by atoms with Crippen molar-refractivity contribution in [1.29, 1.82) is 0 Å². The molecule has 2 N–H and O–H groups in total. The molecule has 0 unspecified atom stereocenters. The van der Waals surface area contributed by atoms with Crippen LogP contribution in [0.1, 0.15) is 13.8 Å². The lowest BCUT2D eigenvalue weighted by Crippen LogP contribution is -2.47. The standard InChI is InChI=1S/C14H29N5/c1-4-7-16-14(15-5-2)17-8-9-19-12-10-18(6-3)11-13-19/h4H,1,5-13H2,2-3H3,(H2,15,16,17). The van der Waals surface area contributed by atoms with Crippen LogP contribution in [0.3, 0.4) is 0 Å². The van der Waals surface area contributed by atoms with E-state index in [-0.39, 0.29) is 0 Å². The summed E-state index contributed by atoms with van der Waals surface area (Å²) in [6.07, 6.45) is 1.84. The van der Waals surface area contributed by atoms with E-state index in [1.54, 1.807) is 0 Å². The van der Waals surface area contributed by atoms with Crippen molar-refractivity contribution in [3.05, 3.63) is 12.7 Å². The van der Waals surface area contributed by atoms with E-state index in [0.29, 0.717) is 0 Å². The number of piperazine rings is 1. The zero-order chi connectivity index (χ0) is 13.9. The van der Waals surface area contributed by atoms with E-state index >= 15 is 0 Å². The Morgan fingerprint density at radius 2 is 1.84 bits per heavy atom. The van der Waals surface area contributed by atoms with Crippen LogP contribution in [0.5, 0.6) is 0 Å². The lowest BCUT2D eigenvalue weighted by molar-refractivity contribution is 0.140. The maximum atomic E-state index is 4.58. The maximum absolute atomic E-state index is 4.58. The lowest BCUT2D eigenvalue weighted by Gasteiger charge is -2.33. The van der Waals surface area contributed by atoms with Crippen LogP contribution >= 0.6 is 0 Å². The molecule has 1 aliphatic heterocycles. The number of rotatable bonds is 7. The summed E-state index contributed by atoms with van der Waals surface area (Å²) in [5.41, 5.74) is 0. The molecule has 5 heteroatoms. The highest BCUT2D eigenvalue weighted by Gasteiger charge is 2.14. The first-order valence-corrected chi connectivity index (χ1v) is 7.38. The Labute approximate surface area is 117 Å². The fraction of sp³-hybridized carbons (Fsp3) is 0.786. The molecule has 110 valence electrons. The van der Waals surface area contributed by atoms with Crippen molar-refractivity contribution in [3.8, 4) is 0 Å². The molecule has 0 aromatic carbocycles. The van der Waals surface area contributed by atoms with Crippen LogP contribution in [-0.2, 0) is 0 Å². The minimum Gasteiger partial charge on any atom is -0.357 e. The van der Waals surface area contributed by atoms with Crippen LogP contribution in [0.25, 0.3) is 0 Å². The van der Waals surface area contributed by atoms with Gasteiger partial charge in [0.05, 0.1) is 6.54 Å². The lowest BCUT2D eigenvalue weighted by atomic mass is 10.3. The average molecular weight is 267 g/mol. The van der Waals surface area contributed by atoms with Gasteiger partial charge in [-0.1, -0.05) is 13.0 Å². The van der Waals surface area contributed by atoms with E-state index in [9.17, 15) is 0 Å². The third-order valence-electron chi connectivity index (χ3n) is 3.36. The zero-order valence-electron chi connectivity index (χ0n) is 12.5. The van der Waals surface area contributed by atoms with Gasteiger partial charge in [-0.2, -0.15) is 0 Å². The molecule has 0 amide bonds. The molecule has 0 bridgehead atoms. The summed E-state index contributed by atoms with van der Waals surface area (Å²) in [7, 11) is 0. The van der Waals surface area contributed by atoms with Crippen LogP contribution in [0.4, 0.5) is 0 Å². The summed E-state index contributed by atoms with van der Waals surface area (Å²) in [4.78, 5) is 9.56. The molecule has 0 aromatic heterocycles. The smallest absolute Gasteiger partial charge is 0.191 e. The molecule has 0 aromatic rings. The number of hydrogen-bond acceptors (Lipinski definition) is 3. The van der Waals surface area contributed by atoms with E-state index in [1.807, 2.05) is 6.08 Å². The second-order valence-corrected chi connectivity index (χ2v) is 4.71. The zero-order valence-corrected chi connectivity index (χ0v) is 12.5. The molecule has 0 radical (unpaired) electrons. The van der Waals surface area contributed by atoms with Gasteiger partial charge in [-0.3, -0.25) is 9.89 Å². The molecule has 0 atom stereocenters. The number of aliphatic imine (C=N–C) groups is 1. The molecule has 19 heavy (non-hydrogen) atoms. The number of hydrogen-bond donors (Lipinski definition) is 2. The molecule has 1 rings (SSSR count). The third kappa shape index (κ3) is 6.59. The molecular formula is C14H29N5. The van der Waals surface area contributed by atoms with Gasteiger partial charge in [0.1, 0.15) is 0 Å². The van der Waals surface area contributed by atoms with Gasteiger partial charge in [0.2, 0.25) is 0 Å². The summed E-state index contributed by atoms with van der Waals surface area (Å²) >= 11 is 0. The van der Waals surface area contributed by atoms with Gasteiger partial charge >= 0.3 is 0 Å². The van der Waals surface area contributed by atoms with E-state index in [0.717, 1.165) is 32.1 Å². The molecule has 1 heterocycles.